The van der Waals surface area contributed by atoms with Crippen molar-refractivity contribution in [2.45, 2.75) is 38.1 Å². The third-order valence-electron chi connectivity index (χ3n) is 4.94. The molecule has 2 N–H and O–H groups in total. The van der Waals surface area contributed by atoms with E-state index in [0.717, 1.165) is 31.7 Å². The third-order valence-corrected chi connectivity index (χ3v) is 4.94. The number of benzene rings is 1. The number of phenolic OH excluding ortho intramolecular Hbond substituents is 1. The number of hydrogen-bond acceptors (Lipinski definition) is 3. The van der Waals surface area contributed by atoms with Crippen molar-refractivity contribution in [1.29, 1.82) is 0 Å². The fourth-order valence-electron chi connectivity index (χ4n) is 3.91. The summed E-state index contributed by atoms with van der Waals surface area (Å²) in [6.07, 6.45) is 6.20. The van der Waals surface area contributed by atoms with E-state index in [2.05, 4.69) is 10.2 Å². The molecule has 1 aromatic rings. The van der Waals surface area contributed by atoms with Crippen LogP contribution in [-0.4, -0.2) is 36.2 Å². The molecule has 4 heteroatoms. The second kappa shape index (κ2) is 6.75. The zero-order chi connectivity index (χ0) is 14.7. The average Bonchev–Trinajstić information content (AvgIpc) is 2.52. The Bertz CT molecular complexity index is 450. The third kappa shape index (κ3) is 3.38. The van der Waals surface area contributed by atoms with Crippen LogP contribution in [0.5, 0.6) is 5.75 Å². The second-order valence-corrected chi connectivity index (χ2v) is 6.33. The van der Waals surface area contributed by atoms with Gasteiger partial charge in [0, 0.05) is 43.9 Å². The zero-order valence-corrected chi connectivity index (χ0v) is 12.5. The maximum Gasteiger partial charge on any atom is 0.131 e. The molecular weight excluding hydrogens is 267 g/mol. The number of nitrogens with zero attached hydrogens (tertiary/aromatic N) is 1. The van der Waals surface area contributed by atoms with Gasteiger partial charge in [-0.05, 0) is 24.8 Å². The van der Waals surface area contributed by atoms with Gasteiger partial charge in [-0.3, -0.25) is 4.90 Å². The largest absolute Gasteiger partial charge is 0.508 e. The minimum absolute atomic E-state index is 0.0129. The van der Waals surface area contributed by atoms with Gasteiger partial charge < -0.3 is 10.4 Å². The quantitative estimate of drug-likeness (QED) is 0.899. The van der Waals surface area contributed by atoms with E-state index < -0.39 is 0 Å². The molecule has 1 saturated heterocycles. The SMILES string of the molecule is Oc1ccc([C@H](C2CCCCC2)N2CCNCC2)c(F)c1. The lowest BCUT2D eigenvalue weighted by Gasteiger charge is -2.41. The summed E-state index contributed by atoms with van der Waals surface area (Å²) in [6, 6.07) is 4.82. The van der Waals surface area contributed by atoms with E-state index in [4.69, 9.17) is 0 Å². The number of phenols is 1. The standard InChI is InChI=1S/C17H25FN2O/c18-16-12-14(21)6-7-15(16)17(13-4-2-1-3-5-13)20-10-8-19-9-11-20/h6-7,12-13,17,19,21H,1-5,8-11H2/t17-/m0/s1. The van der Waals surface area contributed by atoms with Crippen LogP contribution in [0.4, 0.5) is 4.39 Å². The minimum Gasteiger partial charge on any atom is -0.508 e. The highest BCUT2D eigenvalue weighted by atomic mass is 19.1. The Labute approximate surface area is 126 Å². The van der Waals surface area contributed by atoms with Crippen molar-refractivity contribution in [2.75, 3.05) is 26.2 Å². The number of nitrogens with one attached hydrogen (secondary N) is 1. The van der Waals surface area contributed by atoms with E-state index >= 15 is 0 Å². The first kappa shape index (κ1) is 14.8. The molecule has 0 spiro atoms. The molecule has 1 aliphatic heterocycles. The van der Waals surface area contributed by atoms with Crippen molar-refractivity contribution in [1.82, 2.24) is 10.2 Å². The molecule has 116 valence electrons. The van der Waals surface area contributed by atoms with Gasteiger partial charge in [-0.2, -0.15) is 0 Å². The number of rotatable bonds is 3. The van der Waals surface area contributed by atoms with Crippen molar-refractivity contribution >= 4 is 0 Å². The van der Waals surface area contributed by atoms with Gasteiger partial charge in [0.05, 0.1) is 0 Å². The van der Waals surface area contributed by atoms with Gasteiger partial charge in [0.2, 0.25) is 0 Å². The van der Waals surface area contributed by atoms with Gasteiger partial charge in [0.15, 0.2) is 0 Å². The van der Waals surface area contributed by atoms with Crippen molar-refractivity contribution in [3.8, 4) is 5.75 Å². The molecule has 3 rings (SSSR count). The molecule has 1 aromatic carbocycles. The molecule has 2 fully saturated rings. The first-order chi connectivity index (χ1) is 10.3. The highest BCUT2D eigenvalue weighted by molar-refractivity contribution is 5.30. The predicted octanol–water partition coefficient (Wildman–Crippen LogP) is 3.06. The summed E-state index contributed by atoms with van der Waals surface area (Å²) >= 11 is 0. The highest BCUT2D eigenvalue weighted by Gasteiger charge is 2.32. The Morgan fingerprint density at radius 2 is 1.86 bits per heavy atom. The number of hydrogen-bond donors (Lipinski definition) is 2. The normalized spacial score (nSPS) is 23.1. The Morgan fingerprint density at radius 1 is 1.14 bits per heavy atom. The van der Waals surface area contributed by atoms with Crippen molar-refractivity contribution in [3.05, 3.63) is 29.6 Å². The van der Waals surface area contributed by atoms with Gasteiger partial charge in [-0.25, -0.2) is 4.39 Å². The van der Waals surface area contributed by atoms with Gasteiger partial charge in [0.1, 0.15) is 11.6 Å². The molecule has 0 unspecified atom stereocenters. The molecule has 21 heavy (non-hydrogen) atoms. The maximum atomic E-state index is 14.4. The first-order valence-electron chi connectivity index (χ1n) is 8.19. The molecule has 1 heterocycles. The lowest BCUT2D eigenvalue weighted by molar-refractivity contribution is 0.100. The van der Waals surface area contributed by atoms with Crippen molar-refractivity contribution in [3.63, 3.8) is 0 Å². The molecule has 1 saturated carbocycles. The summed E-state index contributed by atoms with van der Waals surface area (Å²) in [6.45, 7) is 3.90. The van der Waals surface area contributed by atoms with Crippen molar-refractivity contribution < 1.29 is 9.50 Å². The van der Waals surface area contributed by atoms with E-state index in [1.165, 1.54) is 38.2 Å². The monoisotopic (exact) mass is 292 g/mol. The fraction of sp³-hybridized carbons (Fsp3) is 0.647. The number of aromatic hydroxyl groups is 1. The lowest BCUT2D eigenvalue weighted by atomic mass is 9.80. The van der Waals surface area contributed by atoms with Crippen LogP contribution >= 0.6 is 0 Å². The van der Waals surface area contributed by atoms with Crippen LogP contribution in [-0.2, 0) is 0 Å². The van der Waals surface area contributed by atoms with Gasteiger partial charge in [-0.1, -0.05) is 25.3 Å². The van der Waals surface area contributed by atoms with E-state index in [-0.39, 0.29) is 17.6 Å². The van der Waals surface area contributed by atoms with E-state index in [1.54, 1.807) is 12.1 Å². The van der Waals surface area contributed by atoms with E-state index in [1.807, 2.05) is 0 Å². The van der Waals surface area contributed by atoms with Crippen LogP contribution in [0.2, 0.25) is 0 Å². The van der Waals surface area contributed by atoms with E-state index in [9.17, 15) is 9.50 Å². The Balaban J connectivity index is 1.89. The van der Waals surface area contributed by atoms with Crippen LogP contribution in [0, 0.1) is 11.7 Å². The second-order valence-electron chi connectivity index (χ2n) is 6.33. The molecule has 3 nitrogen and oxygen atoms in total. The van der Waals surface area contributed by atoms with Gasteiger partial charge >= 0.3 is 0 Å². The predicted molar refractivity (Wildman–Crippen MR) is 81.8 cm³/mol. The number of piperazine rings is 1. The Kier molecular flexibility index (Phi) is 4.76. The lowest BCUT2D eigenvalue weighted by Crippen LogP contribution is -2.47. The summed E-state index contributed by atoms with van der Waals surface area (Å²) in [7, 11) is 0. The Morgan fingerprint density at radius 3 is 2.52 bits per heavy atom. The summed E-state index contributed by atoms with van der Waals surface area (Å²) in [5.41, 5.74) is 0.765. The minimum atomic E-state index is -0.260. The highest BCUT2D eigenvalue weighted by Crippen LogP contribution is 2.39. The van der Waals surface area contributed by atoms with E-state index in [0.29, 0.717) is 5.92 Å². The van der Waals surface area contributed by atoms with Crippen LogP contribution in [0.3, 0.4) is 0 Å². The van der Waals surface area contributed by atoms with Crippen molar-refractivity contribution in [2.24, 2.45) is 5.92 Å². The smallest absolute Gasteiger partial charge is 0.131 e. The maximum absolute atomic E-state index is 14.4. The first-order valence-corrected chi connectivity index (χ1v) is 8.19. The average molecular weight is 292 g/mol. The summed E-state index contributed by atoms with van der Waals surface area (Å²) in [5.74, 6) is 0.291. The van der Waals surface area contributed by atoms with Gasteiger partial charge in [-0.15, -0.1) is 0 Å². The molecular formula is C17H25FN2O. The Hall–Kier alpha value is -1.13. The topological polar surface area (TPSA) is 35.5 Å². The van der Waals surface area contributed by atoms with Crippen LogP contribution in [0.1, 0.15) is 43.7 Å². The zero-order valence-electron chi connectivity index (χ0n) is 12.5. The molecule has 1 aliphatic carbocycles. The summed E-state index contributed by atoms with van der Waals surface area (Å²) < 4.78 is 14.4. The van der Waals surface area contributed by atoms with Crippen LogP contribution < -0.4 is 5.32 Å². The van der Waals surface area contributed by atoms with Crippen LogP contribution in [0.15, 0.2) is 18.2 Å². The molecule has 0 amide bonds. The fourth-order valence-corrected chi connectivity index (χ4v) is 3.91. The molecule has 0 bridgehead atoms. The molecule has 0 aromatic heterocycles. The molecule has 0 radical (unpaired) electrons. The van der Waals surface area contributed by atoms with Crippen LogP contribution in [0.25, 0.3) is 0 Å². The van der Waals surface area contributed by atoms with Gasteiger partial charge in [0.25, 0.3) is 0 Å². The summed E-state index contributed by atoms with van der Waals surface area (Å²) in [4.78, 5) is 2.43. The summed E-state index contributed by atoms with van der Waals surface area (Å²) in [5, 5.41) is 12.8. The molecule has 1 atom stereocenters. The molecule has 2 aliphatic rings. The number of halogens is 1.